The second kappa shape index (κ2) is 11.5. The number of nitriles is 1. The van der Waals surface area contributed by atoms with E-state index in [1.807, 2.05) is 66.9 Å². The molecule has 1 atom stereocenters. The van der Waals surface area contributed by atoms with Crippen LogP contribution in [0.3, 0.4) is 0 Å². The molecule has 35 heavy (non-hydrogen) atoms. The summed E-state index contributed by atoms with van der Waals surface area (Å²) in [6, 6.07) is 19.5. The predicted molar refractivity (Wildman–Crippen MR) is 135 cm³/mol. The number of aromatic nitrogens is 2. The zero-order chi connectivity index (χ0) is 24.6. The Balaban J connectivity index is 1.63. The van der Waals surface area contributed by atoms with Crippen LogP contribution in [0.5, 0.6) is 5.75 Å². The normalized spacial score (nSPS) is 15.7. The maximum absolute atomic E-state index is 12.7. The Hall–Kier alpha value is -3.89. The van der Waals surface area contributed by atoms with E-state index in [2.05, 4.69) is 19.2 Å². The van der Waals surface area contributed by atoms with E-state index in [0.717, 1.165) is 29.8 Å². The highest BCUT2D eigenvalue weighted by Gasteiger charge is 2.19. The van der Waals surface area contributed by atoms with Crippen LogP contribution in [0, 0.1) is 17.2 Å². The van der Waals surface area contributed by atoms with Gasteiger partial charge in [-0.3, -0.25) is 4.79 Å². The molecule has 7 heteroatoms. The Morgan fingerprint density at radius 1 is 1.26 bits per heavy atom. The highest BCUT2D eigenvalue weighted by atomic mass is 16.5. The average Bonchev–Trinajstić information content (AvgIpc) is 3.55. The molecule has 0 bridgehead atoms. The van der Waals surface area contributed by atoms with Crippen molar-refractivity contribution in [3.63, 3.8) is 0 Å². The number of hydrogen-bond acceptors (Lipinski definition) is 5. The van der Waals surface area contributed by atoms with Crippen LogP contribution in [-0.4, -0.2) is 41.6 Å². The highest BCUT2D eigenvalue weighted by Crippen LogP contribution is 2.28. The van der Waals surface area contributed by atoms with Crippen LogP contribution < -0.4 is 10.1 Å². The van der Waals surface area contributed by atoms with E-state index in [0.29, 0.717) is 36.9 Å². The summed E-state index contributed by atoms with van der Waals surface area (Å²) < 4.78 is 13.1. The minimum atomic E-state index is -0.418. The van der Waals surface area contributed by atoms with Crippen LogP contribution in [0.2, 0.25) is 0 Å². The first-order valence-corrected chi connectivity index (χ1v) is 11.9. The number of carbonyl (C=O) groups is 1. The van der Waals surface area contributed by atoms with Gasteiger partial charge in [-0.15, -0.1) is 0 Å². The molecule has 1 aromatic heterocycles. The van der Waals surface area contributed by atoms with E-state index in [1.54, 1.807) is 10.8 Å². The Kier molecular flexibility index (Phi) is 7.96. The van der Waals surface area contributed by atoms with E-state index in [4.69, 9.17) is 14.6 Å². The van der Waals surface area contributed by atoms with Gasteiger partial charge in [0.15, 0.2) is 0 Å². The molecular weight excluding hydrogens is 440 g/mol. The maximum atomic E-state index is 12.7. The van der Waals surface area contributed by atoms with Crippen molar-refractivity contribution in [2.24, 2.45) is 5.92 Å². The molecule has 0 unspecified atom stereocenters. The molecule has 0 radical (unpaired) electrons. The average molecular weight is 471 g/mol. The third kappa shape index (κ3) is 6.37. The third-order valence-corrected chi connectivity index (χ3v) is 5.65. The van der Waals surface area contributed by atoms with Crippen LogP contribution in [0.1, 0.15) is 32.3 Å². The first-order valence-electron chi connectivity index (χ1n) is 11.9. The van der Waals surface area contributed by atoms with Crippen molar-refractivity contribution in [2.45, 2.75) is 32.8 Å². The van der Waals surface area contributed by atoms with Crippen LogP contribution in [0.15, 0.2) is 66.4 Å². The Bertz CT molecular complexity index is 1200. The lowest BCUT2D eigenvalue weighted by molar-refractivity contribution is -0.117. The lowest BCUT2D eigenvalue weighted by Gasteiger charge is -2.10. The quantitative estimate of drug-likeness (QED) is 0.359. The third-order valence-electron chi connectivity index (χ3n) is 5.65. The molecule has 0 aliphatic carbocycles. The van der Waals surface area contributed by atoms with Crippen molar-refractivity contribution >= 4 is 12.0 Å². The Labute approximate surface area is 206 Å². The molecule has 3 aromatic rings. The summed E-state index contributed by atoms with van der Waals surface area (Å²) in [7, 11) is 0. The van der Waals surface area contributed by atoms with Crippen molar-refractivity contribution in [3.05, 3.63) is 71.9 Å². The molecule has 1 saturated heterocycles. The number of ether oxygens (including phenoxy) is 2. The van der Waals surface area contributed by atoms with Crippen molar-refractivity contribution in [1.82, 2.24) is 15.1 Å². The van der Waals surface area contributed by atoms with Gasteiger partial charge >= 0.3 is 0 Å². The molecule has 7 nitrogen and oxygen atoms in total. The van der Waals surface area contributed by atoms with Crippen molar-refractivity contribution < 1.29 is 14.3 Å². The molecule has 1 aliphatic rings. The number of benzene rings is 2. The SMILES string of the molecule is CC(C)COc1ccc(-c2nn(-c3ccccc3)cc2/C=C(\C#N)C(=O)NC[C@H]2CCCO2)cc1. The summed E-state index contributed by atoms with van der Waals surface area (Å²) in [6.45, 7) is 5.96. The van der Waals surface area contributed by atoms with E-state index < -0.39 is 5.91 Å². The van der Waals surface area contributed by atoms with Crippen LogP contribution >= 0.6 is 0 Å². The first-order chi connectivity index (χ1) is 17.0. The fourth-order valence-electron chi connectivity index (χ4n) is 3.81. The van der Waals surface area contributed by atoms with Gasteiger partial charge in [0.25, 0.3) is 5.91 Å². The van der Waals surface area contributed by atoms with Gasteiger partial charge in [-0.05, 0) is 61.2 Å². The molecule has 1 fully saturated rings. The fraction of sp³-hybridized carbons (Fsp3) is 0.321. The molecule has 2 heterocycles. The summed E-state index contributed by atoms with van der Waals surface area (Å²) in [5.41, 5.74) is 3.11. The number of rotatable bonds is 9. The zero-order valence-corrected chi connectivity index (χ0v) is 20.1. The van der Waals surface area contributed by atoms with E-state index >= 15 is 0 Å². The number of hydrogen-bond donors (Lipinski definition) is 1. The number of para-hydroxylation sites is 1. The topological polar surface area (TPSA) is 89.2 Å². The van der Waals surface area contributed by atoms with Gasteiger partial charge in [-0.25, -0.2) is 4.68 Å². The standard InChI is InChI=1S/C28H30N4O3/c1-20(2)19-35-25-12-10-21(11-13-25)27-23(18-32(31-27)24-7-4-3-5-8-24)15-22(16-29)28(33)30-17-26-9-6-14-34-26/h3-5,7-8,10-13,15,18,20,26H,6,9,14,17,19H2,1-2H3,(H,30,33)/b22-15+/t26-/m1/s1. The molecule has 0 spiro atoms. The van der Waals surface area contributed by atoms with Crippen molar-refractivity contribution in [2.75, 3.05) is 19.8 Å². The molecule has 180 valence electrons. The Morgan fingerprint density at radius 2 is 2.03 bits per heavy atom. The molecule has 1 aliphatic heterocycles. The molecule has 1 amide bonds. The number of nitrogens with zero attached hydrogens (tertiary/aromatic N) is 3. The summed E-state index contributed by atoms with van der Waals surface area (Å²) in [6.07, 6.45) is 5.34. The molecule has 4 rings (SSSR count). The lowest BCUT2D eigenvalue weighted by Crippen LogP contribution is -2.32. The predicted octanol–water partition coefficient (Wildman–Crippen LogP) is 4.78. The zero-order valence-electron chi connectivity index (χ0n) is 20.1. The van der Waals surface area contributed by atoms with Gasteiger partial charge in [-0.1, -0.05) is 32.0 Å². The van der Waals surface area contributed by atoms with Crippen LogP contribution in [0.25, 0.3) is 23.0 Å². The smallest absolute Gasteiger partial charge is 0.262 e. The van der Waals surface area contributed by atoms with Crippen molar-refractivity contribution in [1.29, 1.82) is 5.26 Å². The largest absolute Gasteiger partial charge is 0.493 e. The Morgan fingerprint density at radius 3 is 2.69 bits per heavy atom. The summed E-state index contributed by atoms with van der Waals surface area (Å²) in [5.74, 6) is 0.802. The highest BCUT2D eigenvalue weighted by molar-refractivity contribution is 6.02. The molecular formula is C28H30N4O3. The fourth-order valence-corrected chi connectivity index (χ4v) is 3.81. The van der Waals surface area contributed by atoms with Gasteiger partial charge in [0.1, 0.15) is 17.4 Å². The molecule has 0 saturated carbocycles. The lowest BCUT2D eigenvalue weighted by atomic mass is 10.1. The monoisotopic (exact) mass is 470 g/mol. The molecule has 2 aromatic carbocycles. The summed E-state index contributed by atoms with van der Waals surface area (Å²) in [4.78, 5) is 12.7. The van der Waals surface area contributed by atoms with Gasteiger partial charge in [0.2, 0.25) is 0 Å². The van der Waals surface area contributed by atoms with E-state index in [-0.39, 0.29) is 11.7 Å². The first kappa shape index (κ1) is 24.2. The minimum Gasteiger partial charge on any atom is -0.493 e. The van der Waals surface area contributed by atoms with Crippen LogP contribution in [-0.2, 0) is 9.53 Å². The number of nitrogens with one attached hydrogen (secondary N) is 1. The van der Waals surface area contributed by atoms with E-state index in [1.165, 1.54) is 0 Å². The molecule has 1 N–H and O–H groups in total. The second-order valence-corrected chi connectivity index (χ2v) is 8.96. The summed E-state index contributed by atoms with van der Waals surface area (Å²) >= 11 is 0. The van der Waals surface area contributed by atoms with Crippen LogP contribution in [0.4, 0.5) is 0 Å². The number of amides is 1. The van der Waals surface area contributed by atoms with Crippen molar-refractivity contribution in [3.8, 4) is 28.8 Å². The van der Waals surface area contributed by atoms with Gasteiger partial charge in [0, 0.05) is 30.5 Å². The number of carbonyl (C=O) groups excluding carboxylic acids is 1. The maximum Gasteiger partial charge on any atom is 0.262 e. The second-order valence-electron chi connectivity index (χ2n) is 8.96. The van der Waals surface area contributed by atoms with E-state index in [9.17, 15) is 10.1 Å². The van der Waals surface area contributed by atoms with Gasteiger partial charge in [-0.2, -0.15) is 10.4 Å². The minimum absolute atomic E-state index is 0.00622. The van der Waals surface area contributed by atoms with Gasteiger partial charge in [0.05, 0.1) is 24.1 Å². The summed E-state index contributed by atoms with van der Waals surface area (Å²) in [5, 5.41) is 17.3. The van der Waals surface area contributed by atoms with Gasteiger partial charge < -0.3 is 14.8 Å².